The lowest BCUT2D eigenvalue weighted by molar-refractivity contribution is 0.614. The maximum Gasteiger partial charge on any atom is 0.162 e. The fourth-order valence-corrected chi connectivity index (χ4v) is 3.23. The molecule has 0 spiro atoms. The van der Waals surface area contributed by atoms with Crippen LogP contribution < -0.4 is 4.90 Å². The van der Waals surface area contributed by atoms with Crippen molar-refractivity contribution in [2.24, 2.45) is 0 Å². The lowest BCUT2D eigenvalue weighted by Gasteiger charge is -2.32. The predicted molar refractivity (Wildman–Crippen MR) is 85.3 cm³/mol. The van der Waals surface area contributed by atoms with Crippen LogP contribution in [0.15, 0.2) is 34.8 Å². The summed E-state index contributed by atoms with van der Waals surface area (Å²) >= 11 is 3.19. The summed E-state index contributed by atoms with van der Waals surface area (Å²) in [7, 11) is 0. The minimum absolute atomic E-state index is 0.238. The van der Waals surface area contributed by atoms with Gasteiger partial charge in [0.1, 0.15) is 6.07 Å². The number of hydrogen-bond acceptors (Lipinski definition) is 2. The van der Waals surface area contributed by atoms with Gasteiger partial charge in [0.05, 0.1) is 15.7 Å². The first kappa shape index (κ1) is 14.1. The Balaban J connectivity index is 2.12. The number of anilines is 2. The predicted octanol–water partition coefficient (Wildman–Crippen LogP) is 4.85. The van der Waals surface area contributed by atoms with Gasteiger partial charge < -0.3 is 4.90 Å². The zero-order chi connectivity index (χ0) is 15.0. The number of hydrogen-bond donors (Lipinski definition) is 0. The second kappa shape index (κ2) is 5.50. The molecule has 0 aromatic heterocycles. The van der Waals surface area contributed by atoms with Crippen LogP contribution in [0, 0.1) is 24.1 Å². The van der Waals surface area contributed by atoms with Crippen molar-refractivity contribution in [2.45, 2.75) is 19.8 Å². The van der Waals surface area contributed by atoms with Crippen LogP contribution in [0.4, 0.5) is 15.8 Å². The topological polar surface area (TPSA) is 27.0 Å². The molecule has 0 radical (unpaired) electrons. The van der Waals surface area contributed by atoms with E-state index < -0.39 is 0 Å². The fourth-order valence-electron chi connectivity index (χ4n) is 2.81. The molecule has 3 rings (SSSR count). The molecule has 0 aliphatic carbocycles. The molecule has 2 aromatic carbocycles. The van der Waals surface area contributed by atoms with E-state index in [-0.39, 0.29) is 10.3 Å². The standard InChI is InChI=1S/C17H14BrFN2/c1-11-4-6-14-12(9-11)3-2-8-21(14)15-7-5-13(10-20)16(18)17(15)19/h4-7,9H,2-3,8H2,1H3. The first-order valence-corrected chi connectivity index (χ1v) is 7.66. The number of fused-ring (bicyclic) bond motifs is 1. The third-order valence-corrected chi connectivity index (χ3v) is 4.60. The van der Waals surface area contributed by atoms with Gasteiger partial charge in [-0.05, 0) is 59.5 Å². The van der Waals surface area contributed by atoms with Gasteiger partial charge in [0.25, 0.3) is 0 Å². The smallest absolute Gasteiger partial charge is 0.162 e. The van der Waals surface area contributed by atoms with Gasteiger partial charge in [0, 0.05) is 12.2 Å². The number of nitriles is 1. The summed E-state index contributed by atoms with van der Waals surface area (Å²) in [6.45, 7) is 2.85. The van der Waals surface area contributed by atoms with Crippen LogP contribution in [0.3, 0.4) is 0 Å². The SMILES string of the molecule is Cc1ccc2c(c1)CCCN2c1ccc(C#N)c(Br)c1F. The molecule has 0 bridgehead atoms. The molecular weight excluding hydrogens is 331 g/mol. The molecule has 0 fully saturated rings. The summed E-state index contributed by atoms with van der Waals surface area (Å²) in [5.74, 6) is -0.373. The van der Waals surface area contributed by atoms with E-state index >= 15 is 0 Å². The van der Waals surface area contributed by atoms with Gasteiger partial charge in [-0.3, -0.25) is 0 Å². The van der Waals surface area contributed by atoms with Crippen molar-refractivity contribution in [2.75, 3.05) is 11.4 Å². The second-order valence-corrected chi connectivity index (χ2v) is 6.05. The molecule has 2 nitrogen and oxygen atoms in total. The van der Waals surface area contributed by atoms with E-state index in [1.165, 1.54) is 11.1 Å². The fraction of sp³-hybridized carbons (Fsp3) is 0.235. The van der Waals surface area contributed by atoms with Gasteiger partial charge in [-0.15, -0.1) is 0 Å². The van der Waals surface area contributed by atoms with Gasteiger partial charge in [-0.1, -0.05) is 17.7 Å². The normalized spacial score (nSPS) is 13.7. The molecule has 1 aliphatic heterocycles. The van der Waals surface area contributed by atoms with Crippen molar-refractivity contribution < 1.29 is 4.39 Å². The highest BCUT2D eigenvalue weighted by Crippen LogP contribution is 2.37. The Morgan fingerprint density at radius 2 is 2.00 bits per heavy atom. The molecule has 0 unspecified atom stereocenters. The van der Waals surface area contributed by atoms with Crippen LogP contribution in [-0.4, -0.2) is 6.54 Å². The summed E-state index contributed by atoms with van der Waals surface area (Å²) in [6, 6.07) is 11.6. The molecule has 1 heterocycles. The van der Waals surface area contributed by atoms with Crippen molar-refractivity contribution in [1.29, 1.82) is 5.26 Å². The van der Waals surface area contributed by atoms with Crippen molar-refractivity contribution in [3.63, 3.8) is 0 Å². The van der Waals surface area contributed by atoms with E-state index in [1.807, 2.05) is 17.0 Å². The molecule has 0 amide bonds. The van der Waals surface area contributed by atoms with Crippen LogP contribution in [0.25, 0.3) is 0 Å². The van der Waals surface area contributed by atoms with Crippen LogP contribution in [-0.2, 0) is 6.42 Å². The Hall–Kier alpha value is -1.86. The Labute approximate surface area is 131 Å². The summed E-state index contributed by atoms with van der Waals surface area (Å²) in [5.41, 5.74) is 4.36. The van der Waals surface area contributed by atoms with E-state index in [4.69, 9.17) is 5.26 Å². The minimum Gasteiger partial charge on any atom is -0.339 e. The number of nitrogens with zero attached hydrogens (tertiary/aromatic N) is 2. The average molecular weight is 345 g/mol. The summed E-state index contributed by atoms with van der Waals surface area (Å²) < 4.78 is 14.8. The highest BCUT2D eigenvalue weighted by molar-refractivity contribution is 9.10. The number of benzene rings is 2. The minimum atomic E-state index is -0.373. The molecule has 2 aromatic rings. The van der Waals surface area contributed by atoms with E-state index in [9.17, 15) is 4.39 Å². The second-order valence-electron chi connectivity index (χ2n) is 5.26. The number of rotatable bonds is 1. The molecular formula is C17H14BrFN2. The van der Waals surface area contributed by atoms with Crippen molar-refractivity contribution >= 4 is 27.3 Å². The van der Waals surface area contributed by atoms with E-state index in [1.54, 1.807) is 12.1 Å². The monoisotopic (exact) mass is 344 g/mol. The van der Waals surface area contributed by atoms with Gasteiger partial charge in [0.15, 0.2) is 5.82 Å². The third-order valence-electron chi connectivity index (χ3n) is 3.83. The average Bonchev–Trinajstić information content (AvgIpc) is 2.49. The quantitative estimate of drug-likeness (QED) is 0.739. The van der Waals surface area contributed by atoms with E-state index in [2.05, 4.69) is 35.0 Å². The molecule has 21 heavy (non-hydrogen) atoms. The maximum absolute atomic E-state index is 14.6. The summed E-state index contributed by atoms with van der Waals surface area (Å²) in [6.07, 6.45) is 2.01. The summed E-state index contributed by atoms with van der Waals surface area (Å²) in [5, 5.41) is 8.97. The number of halogens is 2. The molecule has 1 aliphatic rings. The highest BCUT2D eigenvalue weighted by Gasteiger charge is 2.22. The molecule has 4 heteroatoms. The Bertz CT molecular complexity index is 749. The number of aryl methyl sites for hydroxylation is 2. The van der Waals surface area contributed by atoms with Crippen molar-refractivity contribution in [1.82, 2.24) is 0 Å². The lowest BCUT2D eigenvalue weighted by atomic mass is 9.99. The zero-order valence-corrected chi connectivity index (χ0v) is 13.2. The molecule has 0 saturated heterocycles. The van der Waals surface area contributed by atoms with Crippen LogP contribution in [0.2, 0.25) is 0 Å². The lowest BCUT2D eigenvalue weighted by Crippen LogP contribution is -2.25. The van der Waals surface area contributed by atoms with Gasteiger partial charge >= 0.3 is 0 Å². The summed E-state index contributed by atoms with van der Waals surface area (Å²) in [4.78, 5) is 2.00. The van der Waals surface area contributed by atoms with E-state index in [0.29, 0.717) is 11.3 Å². The maximum atomic E-state index is 14.6. The van der Waals surface area contributed by atoms with Gasteiger partial charge in [-0.25, -0.2) is 4.39 Å². The molecule has 0 N–H and O–H groups in total. The Morgan fingerprint density at radius 1 is 1.24 bits per heavy atom. The van der Waals surface area contributed by atoms with Crippen LogP contribution in [0.5, 0.6) is 0 Å². The Kier molecular flexibility index (Phi) is 3.69. The first-order chi connectivity index (χ1) is 10.1. The molecule has 0 saturated carbocycles. The van der Waals surface area contributed by atoms with Gasteiger partial charge in [-0.2, -0.15) is 5.26 Å². The van der Waals surface area contributed by atoms with Crippen molar-refractivity contribution in [3.05, 3.63) is 57.3 Å². The first-order valence-electron chi connectivity index (χ1n) is 6.87. The third kappa shape index (κ3) is 2.43. The molecule has 0 atom stereocenters. The Morgan fingerprint density at radius 3 is 2.76 bits per heavy atom. The van der Waals surface area contributed by atoms with E-state index in [0.717, 1.165) is 25.1 Å². The largest absolute Gasteiger partial charge is 0.339 e. The molecule has 106 valence electrons. The van der Waals surface area contributed by atoms with Gasteiger partial charge in [0.2, 0.25) is 0 Å². The van der Waals surface area contributed by atoms with Crippen LogP contribution in [0.1, 0.15) is 23.1 Å². The van der Waals surface area contributed by atoms with Crippen molar-refractivity contribution in [3.8, 4) is 6.07 Å². The van der Waals surface area contributed by atoms with Crippen LogP contribution >= 0.6 is 15.9 Å². The zero-order valence-electron chi connectivity index (χ0n) is 11.7. The highest BCUT2D eigenvalue weighted by atomic mass is 79.9.